The SMILES string of the molecule is CCOC(=O)c1cccc2c(=O)c(C)c(C34CC5CC(CC(C5)C3)C4)oc12. The molecule has 27 heavy (non-hydrogen) atoms. The predicted octanol–water partition coefficient (Wildman–Crippen LogP) is 4.75. The zero-order chi connectivity index (χ0) is 18.8. The van der Waals surface area contributed by atoms with Crippen LogP contribution in [-0.4, -0.2) is 12.6 Å². The van der Waals surface area contributed by atoms with E-state index in [1.807, 2.05) is 6.92 Å². The molecule has 2 aromatic rings. The number of para-hydroxylation sites is 1. The van der Waals surface area contributed by atoms with Gasteiger partial charge in [-0.3, -0.25) is 4.79 Å². The molecule has 0 atom stereocenters. The number of fused-ring (bicyclic) bond motifs is 1. The van der Waals surface area contributed by atoms with E-state index < -0.39 is 5.97 Å². The Morgan fingerprint density at radius 2 is 1.78 bits per heavy atom. The van der Waals surface area contributed by atoms with Crippen molar-refractivity contribution in [3.05, 3.63) is 45.3 Å². The lowest BCUT2D eigenvalue weighted by molar-refractivity contribution is -0.0155. The Hall–Kier alpha value is -2.10. The van der Waals surface area contributed by atoms with Gasteiger partial charge in [0.1, 0.15) is 11.3 Å². The Labute approximate surface area is 158 Å². The van der Waals surface area contributed by atoms with Crippen LogP contribution in [-0.2, 0) is 10.2 Å². The van der Waals surface area contributed by atoms with Crippen LogP contribution < -0.4 is 5.43 Å². The van der Waals surface area contributed by atoms with Crippen LogP contribution in [0.4, 0.5) is 0 Å². The third-order valence-electron chi connectivity index (χ3n) is 7.16. The smallest absolute Gasteiger partial charge is 0.341 e. The molecule has 4 nitrogen and oxygen atoms in total. The average Bonchev–Trinajstić information content (AvgIpc) is 2.63. The molecule has 4 fully saturated rings. The van der Waals surface area contributed by atoms with E-state index in [4.69, 9.17) is 9.15 Å². The number of ether oxygens (including phenoxy) is 1. The van der Waals surface area contributed by atoms with E-state index in [1.165, 1.54) is 19.3 Å². The van der Waals surface area contributed by atoms with Gasteiger partial charge >= 0.3 is 5.97 Å². The molecule has 0 radical (unpaired) electrons. The molecule has 4 aliphatic rings. The maximum absolute atomic E-state index is 13.2. The molecule has 0 saturated heterocycles. The summed E-state index contributed by atoms with van der Waals surface area (Å²) in [5, 5.41) is 0.478. The molecular weight excluding hydrogens is 340 g/mol. The van der Waals surface area contributed by atoms with Crippen molar-refractivity contribution in [2.75, 3.05) is 6.61 Å². The quantitative estimate of drug-likeness (QED) is 0.736. The van der Waals surface area contributed by atoms with Gasteiger partial charge in [0.15, 0.2) is 11.0 Å². The molecule has 1 aromatic carbocycles. The van der Waals surface area contributed by atoms with Crippen LogP contribution in [0, 0.1) is 24.7 Å². The van der Waals surface area contributed by atoms with Crippen molar-refractivity contribution >= 4 is 16.9 Å². The highest BCUT2D eigenvalue weighted by Gasteiger charge is 2.53. The first-order valence-electron chi connectivity index (χ1n) is 10.2. The lowest BCUT2D eigenvalue weighted by Gasteiger charge is -2.56. The lowest BCUT2D eigenvalue weighted by Crippen LogP contribution is -2.49. The Kier molecular flexibility index (Phi) is 3.75. The molecule has 0 unspecified atom stereocenters. The fourth-order valence-electron chi connectivity index (χ4n) is 6.57. The van der Waals surface area contributed by atoms with E-state index in [-0.39, 0.29) is 10.8 Å². The summed E-state index contributed by atoms with van der Waals surface area (Å²) < 4.78 is 11.7. The van der Waals surface area contributed by atoms with Gasteiger partial charge < -0.3 is 9.15 Å². The van der Waals surface area contributed by atoms with Crippen LogP contribution in [0.5, 0.6) is 0 Å². The second-order valence-corrected chi connectivity index (χ2v) is 8.99. The van der Waals surface area contributed by atoms with Crippen LogP contribution in [0.3, 0.4) is 0 Å². The summed E-state index contributed by atoms with van der Waals surface area (Å²) in [4.78, 5) is 25.6. The fourth-order valence-corrected chi connectivity index (χ4v) is 6.57. The molecule has 1 aromatic heterocycles. The van der Waals surface area contributed by atoms with Crippen molar-refractivity contribution in [3.63, 3.8) is 0 Å². The Morgan fingerprint density at radius 1 is 1.15 bits per heavy atom. The minimum atomic E-state index is -0.424. The average molecular weight is 366 g/mol. The summed E-state index contributed by atoms with van der Waals surface area (Å²) in [6, 6.07) is 5.18. The monoisotopic (exact) mass is 366 g/mol. The van der Waals surface area contributed by atoms with Gasteiger partial charge in [-0.25, -0.2) is 4.79 Å². The summed E-state index contributed by atoms with van der Waals surface area (Å²) in [5.41, 5.74) is 1.46. The maximum Gasteiger partial charge on any atom is 0.341 e. The number of hydrogen-bond donors (Lipinski definition) is 0. The molecule has 4 saturated carbocycles. The third kappa shape index (κ3) is 2.49. The number of carbonyl (C=O) groups excluding carboxylic acids is 1. The summed E-state index contributed by atoms with van der Waals surface area (Å²) in [6.45, 7) is 3.98. The third-order valence-corrected chi connectivity index (χ3v) is 7.16. The second kappa shape index (κ2) is 5.95. The van der Waals surface area contributed by atoms with Gasteiger partial charge in [-0.2, -0.15) is 0 Å². The second-order valence-electron chi connectivity index (χ2n) is 8.99. The van der Waals surface area contributed by atoms with Crippen LogP contribution in [0.15, 0.2) is 27.4 Å². The van der Waals surface area contributed by atoms with E-state index in [2.05, 4.69) is 0 Å². The largest absolute Gasteiger partial charge is 0.462 e. The van der Waals surface area contributed by atoms with Gasteiger partial charge in [0, 0.05) is 11.0 Å². The van der Waals surface area contributed by atoms with Crippen molar-refractivity contribution in [3.8, 4) is 0 Å². The fraction of sp³-hybridized carbons (Fsp3) is 0.565. The Balaban J connectivity index is 1.72. The highest BCUT2D eigenvalue weighted by atomic mass is 16.5. The zero-order valence-corrected chi connectivity index (χ0v) is 16.0. The van der Waals surface area contributed by atoms with Crippen molar-refractivity contribution in [1.82, 2.24) is 0 Å². The molecule has 1 heterocycles. The molecule has 0 aliphatic heterocycles. The van der Waals surface area contributed by atoms with Crippen LogP contribution in [0.2, 0.25) is 0 Å². The normalized spacial score (nSPS) is 31.4. The first kappa shape index (κ1) is 17.0. The van der Waals surface area contributed by atoms with Gasteiger partial charge in [0.05, 0.1) is 12.0 Å². The standard InChI is InChI=1S/C23H26O4/c1-3-26-22(25)18-6-4-5-17-19(24)13(2)21(27-20(17)18)23-10-14-7-15(11-23)9-16(8-14)12-23/h4-6,14-16H,3,7-12H2,1-2H3. The molecule has 142 valence electrons. The zero-order valence-electron chi connectivity index (χ0n) is 16.0. The van der Waals surface area contributed by atoms with E-state index in [1.54, 1.807) is 25.1 Å². The van der Waals surface area contributed by atoms with E-state index >= 15 is 0 Å². The summed E-state index contributed by atoms with van der Waals surface area (Å²) >= 11 is 0. The van der Waals surface area contributed by atoms with Gasteiger partial charge in [-0.15, -0.1) is 0 Å². The summed E-state index contributed by atoms with van der Waals surface area (Å²) in [6.07, 6.45) is 7.38. The minimum Gasteiger partial charge on any atom is -0.462 e. The number of carbonyl (C=O) groups is 1. The topological polar surface area (TPSA) is 56.5 Å². The van der Waals surface area contributed by atoms with Crippen LogP contribution >= 0.6 is 0 Å². The highest BCUT2D eigenvalue weighted by Crippen LogP contribution is 2.61. The molecule has 4 bridgehead atoms. The summed E-state index contributed by atoms with van der Waals surface area (Å²) in [7, 11) is 0. The van der Waals surface area contributed by atoms with Crippen molar-refractivity contribution in [2.24, 2.45) is 17.8 Å². The molecule has 0 amide bonds. The van der Waals surface area contributed by atoms with E-state index in [9.17, 15) is 9.59 Å². The first-order chi connectivity index (χ1) is 13.0. The maximum atomic E-state index is 13.2. The molecule has 0 spiro atoms. The predicted molar refractivity (Wildman–Crippen MR) is 103 cm³/mol. The van der Waals surface area contributed by atoms with Crippen molar-refractivity contribution < 1.29 is 13.9 Å². The Bertz CT molecular complexity index is 948. The number of benzene rings is 1. The summed E-state index contributed by atoms with van der Waals surface area (Å²) in [5.74, 6) is 2.70. The Morgan fingerprint density at radius 3 is 2.37 bits per heavy atom. The number of esters is 1. The van der Waals surface area contributed by atoms with Crippen molar-refractivity contribution in [1.29, 1.82) is 0 Å². The molecule has 0 N–H and O–H groups in total. The molecular formula is C23H26O4. The molecule has 6 rings (SSSR count). The van der Waals surface area contributed by atoms with Gasteiger partial charge in [-0.1, -0.05) is 6.07 Å². The van der Waals surface area contributed by atoms with Gasteiger partial charge in [0.25, 0.3) is 0 Å². The van der Waals surface area contributed by atoms with E-state index in [0.29, 0.717) is 23.1 Å². The minimum absolute atomic E-state index is 0.00635. The number of hydrogen-bond acceptors (Lipinski definition) is 4. The molecule has 4 heteroatoms. The molecule has 4 aliphatic carbocycles. The number of rotatable bonds is 3. The van der Waals surface area contributed by atoms with Crippen LogP contribution in [0.25, 0.3) is 11.0 Å². The first-order valence-corrected chi connectivity index (χ1v) is 10.2. The van der Waals surface area contributed by atoms with Gasteiger partial charge in [-0.05, 0) is 82.3 Å². The van der Waals surface area contributed by atoms with Gasteiger partial charge in [0.2, 0.25) is 0 Å². The highest BCUT2D eigenvalue weighted by molar-refractivity contribution is 6.01. The van der Waals surface area contributed by atoms with E-state index in [0.717, 1.165) is 48.3 Å². The van der Waals surface area contributed by atoms with Crippen molar-refractivity contribution in [2.45, 2.75) is 57.8 Å². The van der Waals surface area contributed by atoms with Crippen LogP contribution in [0.1, 0.15) is 67.1 Å². The lowest BCUT2D eigenvalue weighted by atomic mass is 9.48.